The molecule has 0 aliphatic carbocycles. The van der Waals surface area contributed by atoms with Gasteiger partial charge in [0.05, 0.1) is 16.5 Å². The van der Waals surface area contributed by atoms with Gasteiger partial charge in [0, 0.05) is 36.5 Å². The minimum Gasteiger partial charge on any atom is -0.352 e. The van der Waals surface area contributed by atoms with Crippen LogP contribution in [0.2, 0.25) is 0 Å². The average Bonchev–Trinajstić information content (AvgIpc) is 3.18. The molecular formula is C22H20F3N3O3S. The molecule has 0 radical (unpaired) electrons. The molecule has 0 unspecified atom stereocenters. The first-order chi connectivity index (χ1) is 15.2. The summed E-state index contributed by atoms with van der Waals surface area (Å²) in [4.78, 5) is 38.7. The van der Waals surface area contributed by atoms with Crippen LogP contribution in [-0.4, -0.2) is 29.5 Å². The van der Waals surface area contributed by atoms with Gasteiger partial charge in [-0.15, -0.1) is 11.8 Å². The Bertz CT molecular complexity index is 1060. The molecule has 2 aromatic carbocycles. The van der Waals surface area contributed by atoms with Gasteiger partial charge in [-0.25, -0.2) is 0 Å². The lowest BCUT2D eigenvalue weighted by atomic mass is 10.1. The standard InChI is InChI=1S/C22H20F3N3O3S/c23-22(24,25)14-5-8-17-16(10-14)27-21(31)18(32-17)11-19(29)26-12-13-3-6-15(7-4-13)28-9-1-2-20(28)30/h3-8,10,18H,1-2,9,11-12H2,(H,26,29)(H,27,31)/t18-/m0/s1. The summed E-state index contributed by atoms with van der Waals surface area (Å²) in [5.41, 5.74) is 0.932. The number of rotatable bonds is 5. The number of nitrogens with zero attached hydrogens (tertiary/aromatic N) is 1. The van der Waals surface area contributed by atoms with Crippen molar-refractivity contribution >= 4 is 40.9 Å². The van der Waals surface area contributed by atoms with Gasteiger partial charge >= 0.3 is 6.18 Å². The number of hydrogen-bond acceptors (Lipinski definition) is 4. The molecule has 3 amide bonds. The smallest absolute Gasteiger partial charge is 0.352 e. The second kappa shape index (κ2) is 8.85. The van der Waals surface area contributed by atoms with Gasteiger partial charge in [-0.2, -0.15) is 13.2 Å². The molecule has 0 bridgehead atoms. The van der Waals surface area contributed by atoms with Crippen LogP contribution in [0.4, 0.5) is 24.5 Å². The number of anilines is 2. The van der Waals surface area contributed by atoms with Crippen molar-refractivity contribution in [3.8, 4) is 0 Å². The monoisotopic (exact) mass is 463 g/mol. The van der Waals surface area contributed by atoms with Crippen molar-refractivity contribution in [2.24, 2.45) is 0 Å². The summed E-state index contributed by atoms with van der Waals surface area (Å²) in [5.74, 6) is -0.742. The number of carbonyl (C=O) groups excluding carboxylic acids is 3. The number of halogens is 3. The Labute approximate surface area is 186 Å². The van der Waals surface area contributed by atoms with Gasteiger partial charge in [-0.1, -0.05) is 12.1 Å². The maximum absolute atomic E-state index is 12.9. The molecule has 168 valence electrons. The van der Waals surface area contributed by atoms with Crippen molar-refractivity contribution in [1.82, 2.24) is 5.32 Å². The third-order valence-corrected chi connectivity index (χ3v) is 6.58. The highest BCUT2D eigenvalue weighted by Gasteiger charge is 2.34. The van der Waals surface area contributed by atoms with E-state index in [2.05, 4.69) is 10.6 Å². The first-order valence-corrected chi connectivity index (χ1v) is 10.9. The molecule has 1 saturated heterocycles. The number of amides is 3. The second-order valence-corrected chi connectivity index (χ2v) is 8.85. The van der Waals surface area contributed by atoms with Gasteiger partial charge in [0.1, 0.15) is 0 Å². The van der Waals surface area contributed by atoms with Crippen LogP contribution in [0.25, 0.3) is 0 Å². The van der Waals surface area contributed by atoms with E-state index >= 15 is 0 Å². The summed E-state index contributed by atoms with van der Waals surface area (Å²) in [7, 11) is 0. The van der Waals surface area contributed by atoms with Crippen LogP contribution < -0.4 is 15.5 Å². The average molecular weight is 463 g/mol. The Morgan fingerprint density at radius 2 is 1.91 bits per heavy atom. The van der Waals surface area contributed by atoms with Crippen molar-refractivity contribution in [1.29, 1.82) is 0 Å². The highest BCUT2D eigenvalue weighted by molar-refractivity contribution is 8.01. The molecule has 2 N–H and O–H groups in total. The van der Waals surface area contributed by atoms with Crippen molar-refractivity contribution in [2.45, 2.75) is 42.1 Å². The summed E-state index contributed by atoms with van der Waals surface area (Å²) in [6.07, 6.45) is -3.20. The fraction of sp³-hybridized carbons (Fsp3) is 0.318. The first-order valence-electron chi connectivity index (χ1n) is 10.1. The van der Waals surface area contributed by atoms with Crippen LogP contribution in [0.3, 0.4) is 0 Å². The lowest BCUT2D eigenvalue weighted by Crippen LogP contribution is -2.34. The molecule has 2 aromatic rings. The SMILES string of the molecule is O=C(C[C@@H]1Sc2ccc(C(F)(F)F)cc2NC1=O)NCc1ccc(N2CCCC2=O)cc1. The normalized spacial score (nSPS) is 18.3. The van der Waals surface area contributed by atoms with E-state index in [1.165, 1.54) is 6.07 Å². The van der Waals surface area contributed by atoms with Gasteiger partial charge in [-0.3, -0.25) is 14.4 Å². The Morgan fingerprint density at radius 3 is 2.56 bits per heavy atom. The van der Waals surface area contributed by atoms with Crippen molar-refractivity contribution < 1.29 is 27.6 Å². The Hall–Kier alpha value is -3.01. The summed E-state index contributed by atoms with van der Waals surface area (Å²) in [6.45, 7) is 0.967. The number of alkyl halides is 3. The van der Waals surface area contributed by atoms with Gasteiger partial charge in [0.15, 0.2) is 0 Å². The number of fused-ring (bicyclic) bond motifs is 1. The molecule has 1 atom stereocenters. The molecule has 1 fully saturated rings. The van der Waals surface area contributed by atoms with Crippen LogP contribution in [0.15, 0.2) is 47.4 Å². The predicted molar refractivity (Wildman–Crippen MR) is 114 cm³/mol. The minimum absolute atomic E-state index is 0.0999. The van der Waals surface area contributed by atoms with E-state index in [4.69, 9.17) is 0 Å². The summed E-state index contributed by atoms with van der Waals surface area (Å²) in [6, 6.07) is 10.5. The lowest BCUT2D eigenvalue weighted by molar-refractivity contribution is -0.137. The predicted octanol–water partition coefficient (Wildman–Crippen LogP) is 3.95. The van der Waals surface area contributed by atoms with Crippen molar-refractivity contribution in [2.75, 3.05) is 16.8 Å². The van der Waals surface area contributed by atoms with Crippen LogP contribution in [0.1, 0.15) is 30.4 Å². The molecule has 2 aliphatic rings. The second-order valence-electron chi connectivity index (χ2n) is 7.60. The van der Waals surface area contributed by atoms with E-state index < -0.39 is 22.9 Å². The number of carbonyl (C=O) groups is 3. The van der Waals surface area contributed by atoms with Gasteiger partial charge in [0.25, 0.3) is 0 Å². The Morgan fingerprint density at radius 1 is 1.16 bits per heavy atom. The van der Waals surface area contributed by atoms with Gasteiger partial charge in [0.2, 0.25) is 17.7 Å². The van der Waals surface area contributed by atoms with Crippen molar-refractivity contribution in [3.63, 3.8) is 0 Å². The highest BCUT2D eigenvalue weighted by Crippen LogP contribution is 2.40. The van der Waals surface area contributed by atoms with Crippen LogP contribution in [0.5, 0.6) is 0 Å². The number of benzene rings is 2. The fourth-order valence-corrected chi connectivity index (χ4v) is 4.71. The zero-order valence-corrected chi connectivity index (χ0v) is 17.7. The molecule has 2 heterocycles. The van der Waals surface area contributed by atoms with Crippen LogP contribution >= 0.6 is 11.8 Å². The Balaban J connectivity index is 1.31. The molecule has 0 saturated carbocycles. The van der Waals surface area contributed by atoms with E-state index in [0.29, 0.717) is 17.9 Å². The molecule has 0 spiro atoms. The largest absolute Gasteiger partial charge is 0.416 e. The van der Waals surface area contributed by atoms with Gasteiger partial charge < -0.3 is 15.5 Å². The lowest BCUT2D eigenvalue weighted by Gasteiger charge is -2.24. The molecule has 2 aliphatic heterocycles. The summed E-state index contributed by atoms with van der Waals surface area (Å²) < 4.78 is 38.6. The molecule has 10 heteroatoms. The summed E-state index contributed by atoms with van der Waals surface area (Å²) >= 11 is 1.07. The van der Waals surface area contributed by atoms with Crippen LogP contribution in [0, 0.1) is 0 Å². The molecule has 0 aromatic heterocycles. The van der Waals surface area contributed by atoms with E-state index in [0.717, 1.165) is 41.6 Å². The molecule has 32 heavy (non-hydrogen) atoms. The summed E-state index contributed by atoms with van der Waals surface area (Å²) in [5, 5.41) is 4.49. The van der Waals surface area contributed by atoms with Crippen molar-refractivity contribution in [3.05, 3.63) is 53.6 Å². The van der Waals surface area contributed by atoms with Gasteiger partial charge in [-0.05, 0) is 42.3 Å². The molecule has 4 rings (SSSR count). The minimum atomic E-state index is -4.50. The zero-order valence-electron chi connectivity index (χ0n) is 16.9. The Kier molecular flexibility index (Phi) is 6.14. The highest BCUT2D eigenvalue weighted by atomic mass is 32.2. The quantitative estimate of drug-likeness (QED) is 0.704. The van der Waals surface area contributed by atoms with Crippen LogP contribution in [-0.2, 0) is 27.1 Å². The number of hydrogen-bond donors (Lipinski definition) is 2. The first kappa shape index (κ1) is 22.2. The maximum atomic E-state index is 12.9. The van der Waals surface area contributed by atoms with E-state index in [1.807, 2.05) is 24.3 Å². The molecule has 6 nitrogen and oxygen atoms in total. The number of thioether (sulfide) groups is 1. The maximum Gasteiger partial charge on any atom is 0.416 e. The third kappa shape index (κ3) is 4.90. The topological polar surface area (TPSA) is 78.5 Å². The molecular weight excluding hydrogens is 443 g/mol. The zero-order chi connectivity index (χ0) is 22.9. The van der Waals surface area contributed by atoms with E-state index in [9.17, 15) is 27.6 Å². The van der Waals surface area contributed by atoms with E-state index in [1.54, 1.807) is 4.90 Å². The van der Waals surface area contributed by atoms with E-state index in [-0.39, 0.29) is 30.5 Å². The number of nitrogens with one attached hydrogen (secondary N) is 2. The fourth-order valence-electron chi connectivity index (χ4n) is 3.62. The third-order valence-electron chi connectivity index (χ3n) is 5.31.